The van der Waals surface area contributed by atoms with Gasteiger partial charge in [-0.3, -0.25) is 4.79 Å². The van der Waals surface area contributed by atoms with E-state index in [2.05, 4.69) is 10.2 Å². The van der Waals surface area contributed by atoms with Crippen molar-refractivity contribution in [3.05, 3.63) is 70.1 Å². The Kier molecular flexibility index (Phi) is 4.47. The Hall–Kier alpha value is -3.32. The van der Waals surface area contributed by atoms with Crippen LogP contribution in [0.3, 0.4) is 0 Å². The van der Waals surface area contributed by atoms with E-state index in [9.17, 15) is 9.59 Å². The summed E-state index contributed by atoms with van der Waals surface area (Å²) in [4.78, 5) is 28.2. The summed E-state index contributed by atoms with van der Waals surface area (Å²) in [7, 11) is 1.34. The number of rotatable bonds is 3. The van der Waals surface area contributed by atoms with Crippen LogP contribution in [0.2, 0.25) is 0 Å². The summed E-state index contributed by atoms with van der Waals surface area (Å²) in [6, 6.07) is 11.2. The first-order valence-corrected chi connectivity index (χ1v) is 9.97. The van der Waals surface area contributed by atoms with Gasteiger partial charge in [0.15, 0.2) is 11.7 Å². The standard InChI is InChI=1S/C23H22N2O5/c1-13-18(23(27)28-2)19(16-7-8-17(30-16)25-9-11-29-12-10-25)20-21(24-13)14-5-3-4-6-15(14)22(20)26/h3-8,19,24H,9-12H2,1-2H3/t19-/m1/s1. The second kappa shape index (κ2) is 7.18. The monoisotopic (exact) mass is 406 g/mol. The molecular formula is C23H22N2O5. The molecule has 3 heterocycles. The van der Waals surface area contributed by atoms with Crippen LogP contribution in [-0.2, 0) is 14.3 Å². The summed E-state index contributed by atoms with van der Waals surface area (Å²) in [5, 5.41) is 3.27. The molecule has 1 saturated heterocycles. The van der Waals surface area contributed by atoms with Crippen molar-refractivity contribution in [2.45, 2.75) is 12.8 Å². The third-order valence-corrected chi connectivity index (χ3v) is 5.87. The Morgan fingerprint density at radius 2 is 1.87 bits per heavy atom. The van der Waals surface area contributed by atoms with Gasteiger partial charge in [0, 0.05) is 41.6 Å². The normalized spacial score (nSPS) is 20.8. The maximum Gasteiger partial charge on any atom is 0.336 e. The van der Waals surface area contributed by atoms with Gasteiger partial charge in [0.05, 0.1) is 37.5 Å². The van der Waals surface area contributed by atoms with Gasteiger partial charge in [0.25, 0.3) is 0 Å². The number of Topliss-reactive ketones (excluding diaryl/α,β-unsaturated/α-hetero) is 1. The van der Waals surface area contributed by atoms with Crippen molar-refractivity contribution in [3.8, 4) is 0 Å². The highest BCUT2D eigenvalue weighted by Gasteiger charge is 2.44. The maximum absolute atomic E-state index is 13.3. The second-order valence-corrected chi connectivity index (χ2v) is 7.53. The molecule has 2 aromatic rings. The third-order valence-electron chi connectivity index (χ3n) is 5.87. The Bertz CT molecular complexity index is 1100. The van der Waals surface area contributed by atoms with E-state index in [0.717, 1.165) is 24.4 Å². The van der Waals surface area contributed by atoms with Crippen LogP contribution in [0.15, 0.2) is 57.7 Å². The molecule has 3 aliphatic rings. The Balaban J connectivity index is 1.63. The van der Waals surface area contributed by atoms with Crippen molar-refractivity contribution in [2.24, 2.45) is 0 Å². The van der Waals surface area contributed by atoms with Crippen LogP contribution in [0.5, 0.6) is 0 Å². The molecule has 154 valence electrons. The van der Waals surface area contributed by atoms with Gasteiger partial charge >= 0.3 is 5.97 Å². The van der Waals surface area contributed by atoms with Crippen molar-refractivity contribution in [1.82, 2.24) is 5.32 Å². The van der Waals surface area contributed by atoms with Crippen molar-refractivity contribution in [2.75, 3.05) is 38.3 Å². The van der Waals surface area contributed by atoms with Crippen LogP contribution >= 0.6 is 0 Å². The number of benzene rings is 1. The number of hydrogen-bond acceptors (Lipinski definition) is 7. The molecule has 1 aromatic heterocycles. The first-order valence-electron chi connectivity index (χ1n) is 9.97. The van der Waals surface area contributed by atoms with E-state index in [1.54, 1.807) is 0 Å². The molecule has 5 rings (SSSR count). The number of methoxy groups -OCH3 is 1. The highest BCUT2D eigenvalue weighted by molar-refractivity contribution is 6.23. The summed E-state index contributed by atoms with van der Waals surface area (Å²) < 4.78 is 16.7. The Morgan fingerprint density at radius 3 is 2.60 bits per heavy atom. The summed E-state index contributed by atoms with van der Waals surface area (Å²) in [6.45, 7) is 4.56. The number of ether oxygens (including phenoxy) is 2. The van der Waals surface area contributed by atoms with Gasteiger partial charge in [-0.15, -0.1) is 0 Å². The lowest BCUT2D eigenvalue weighted by Crippen LogP contribution is -2.35. The van der Waals surface area contributed by atoms with Crippen LogP contribution in [0, 0.1) is 0 Å². The van der Waals surface area contributed by atoms with E-state index in [1.807, 2.05) is 43.3 Å². The fraction of sp³-hybridized carbons (Fsp3) is 0.304. The van der Waals surface area contributed by atoms with Crippen LogP contribution in [0.4, 0.5) is 5.88 Å². The van der Waals surface area contributed by atoms with Gasteiger partial charge in [0.2, 0.25) is 0 Å². The molecule has 1 N–H and O–H groups in total. The molecule has 1 aliphatic carbocycles. The number of ketones is 1. The average Bonchev–Trinajstić information content (AvgIpc) is 3.37. The Labute approximate surface area is 173 Å². The minimum Gasteiger partial charge on any atom is -0.466 e. The van der Waals surface area contributed by atoms with Crippen molar-refractivity contribution in [3.63, 3.8) is 0 Å². The van der Waals surface area contributed by atoms with Gasteiger partial charge in [-0.1, -0.05) is 24.3 Å². The molecule has 0 spiro atoms. The molecule has 1 atom stereocenters. The number of nitrogens with zero attached hydrogens (tertiary/aromatic N) is 1. The second-order valence-electron chi connectivity index (χ2n) is 7.53. The molecule has 2 aliphatic heterocycles. The van der Waals surface area contributed by atoms with E-state index in [-0.39, 0.29) is 5.78 Å². The van der Waals surface area contributed by atoms with Gasteiger partial charge in [-0.25, -0.2) is 4.79 Å². The minimum atomic E-state index is -0.636. The smallest absolute Gasteiger partial charge is 0.336 e. The number of allylic oxidation sites excluding steroid dienone is 2. The number of hydrogen-bond donors (Lipinski definition) is 1. The fourth-order valence-electron chi connectivity index (χ4n) is 4.45. The first-order chi connectivity index (χ1) is 14.6. The zero-order chi connectivity index (χ0) is 20.8. The van der Waals surface area contributed by atoms with E-state index in [0.29, 0.717) is 47.3 Å². The maximum atomic E-state index is 13.3. The molecule has 7 heteroatoms. The Morgan fingerprint density at radius 1 is 1.13 bits per heavy atom. The molecule has 7 nitrogen and oxygen atoms in total. The number of anilines is 1. The number of morpholine rings is 1. The number of furan rings is 1. The quantitative estimate of drug-likeness (QED) is 0.785. The SMILES string of the molecule is COC(=O)C1=C(C)NC2=C(C(=O)c3ccccc32)[C@@H]1c1ccc(N2CCOCC2)o1. The third kappa shape index (κ3) is 2.77. The fourth-order valence-corrected chi connectivity index (χ4v) is 4.45. The molecular weight excluding hydrogens is 384 g/mol. The van der Waals surface area contributed by atoms with E-state index in [1.165, 1.54) is 7.11 Å². The van der Waals surface area contributed by atoms with Crippen molar-refractivity contribution >= 4 is 23.3 Å². The van der Waals surface area contributed by atoms with Crippen LogP contribution in [0.1, 0.15) is 34.5 Å². The summed E-state index contributed by atoms with van der Waals surface area (Å²) in [6.07, 6.45) is 0. The predicted molar refractivity (Wildman–Crippen MR) is 110 cm³/mol. The average molecular weight is 406 g/mol. The topological polar surface area (TPSA) is 81.0 Å². The number of carbonyl (C=O) groups excluding carboxylic acids is 2. The molecule has 1 aromatic carbocycles. The van der Waals surface area contributed by atoms with E-state index < -0.39 is 11.9 Å². The molecule has 30 heavy (non-hydrogen) atoms. The van der Waals surface area contributed by atoms with Crippen LogP contribution < -0.4 is 10.2 Å². The molecule has 0 radical (unpaired) electrons. The number of nitrogens with one attached hydrogen (secondary N) is 1. The molecule has 0 saturated carbocycles. The minimum absolute atomic E-state index is 0.101. The highest BCUT2D eigenvalue weighted by atomic mass is 16.5. The van der Waals surface area contributed by atoms with Crippen molar-refractivity contribution < 1.29 is 23.5 Å². The molecule has 0 bridgehead atoms. The largest absolute Gasteiger partial charge is 0.466 e. The zero-order valence-corrected chi connectivity index (χ0v) is 16.9. The van der Waals surface area contributed by atoms with Crippen LogP contribution in [0.25, 0.3) is 5.70 Å². The van der Waals surface area contributed by atoms with Crippen molar-refractivity contribution in [1.29, 1.82) is 0 Å². The summed E-state index contributed by atoms with van der Waals surface area (Å²) >= 11 is 0. The zero-order valence-electron chi connectivity index (χ0n) is 16.9. The van der Waals surface area contributed by atoms with E-state index in [4.69, 9.17) is 13.9 Å². The summed E-state index contributed by atoms with van der Waals surface area (Å²) in [5.41, 5.74) is 3.75. The lowest BCUT2D eigenvalue weighted by molar-refractivity contribution is -0.136. The van der Waals surface area contributed by atoms with Gasteiger partial charge in [-0.05, 0) is 13.0 Å². The van der Waals surface area contributed by atoms with Gasteiger partial charge in [-0.2, -0.15) is 0 Å². The summed E-state index contributed by atoms with van der Waals surface area (Å²) in [5.74, 6) is 0.0366. The molecule has 1 fully saturated rings. The number of fused-ring (bicyclic) bond motifs is 2. The molecule has 0 unspecified atom stereocenters. The highest BCUT2D eigenvalue weighted by Crippen LogP contribution is 2.47. The van der Waals surface area contributed by atoms with Gasteiger partial charge < -0.3 is 24.1 Å². The van der Waals surface area contributed by atoms with E-state index >= 15 is 0 Å². The van der Waals surface area contributed by atoms with Gasteiger partial charge in [0.1, 0.15) is 5.76 Å². The number of carbonyl (C=O) groups is 2. The number of dihydropyridines is 1. The molecule has 0 amide bonds. The lowest BCUT2D eigenvalue weighted by atomic mass is 9.83. The van der Waals surface area contributed by atoms with Crippen LogP contribution in [-0.4, -0.2) is 45.2 Å². The lowest BCUT2D eigenvalue weighted by Gasteiger charge is -2.28. The first kappa shape index (κ1) is 18.7. The predicted octanol–water partition coefficient (Wildman–Crippen LogP) is 2.86. The number of esters is 1.